The van der Waals surface area contributed by atoms with Crippen LogP contribution in [0.1, 0.15) is 31.1 Å². The highest BCUT2D eigenvalue weighted by atomic mass is 35.5. The molecule has 13 heteroatoms. The Hall–Kier alpha value is -3.51. The summed E-state index contributed by atoms with van der Waals surface area (Å²) in [6.45, 7) is 6.09. The number of halogens is 1. The molecule has 1 aromatic rings. The number of ether oxygens (including phenoxy) is 2. The van der Waals surface area contributed by atoms with E-state index >= 15 is 0 Å². The summed E-state index contributed by atoms with van der Waals surface area (Å²) in [7, 11) is 0. The fourth-order valence-electron chi connectivity index (χ4n) is 2.42. The van der Waals surface area contributed by atoms with Gasteiger partial charge in [0.15, 0.2) is 5.02 Å². The Morgan fingerprint density at radius 1 is 1.34 bits per heavy atom. The van der Waals surface area contributed by atoms with Crippen LogP contribution in [-0.4, -0.2) is 47.2 Å². The topological polar surface area (TPSA) is 161 Å². The minimum absolute atomic E-state index is 0.0179. The van der Waals surface area contributed by atoms with Gasteiger partial charge in [-0.25, -0.2) is 4.79 Å². The molecule has 0 unspecified atom stereocenters. The third-order valence-electron chi connectivity index (χ3n) is 3.80. The first kappa shape index (κ1) is 24.8. The first-order valence-corrected chi connectivity index (χ1v) is 9.85. The smallest absolute Gasteiger partial charge is 0.407 e. The lowest BCUT2D eigenvalue weighted by molar-refractivity contribution is -0.384. The summed E-state index contributed by atoms with van der Waals surface area (Å²) in [5, 5.41) is 15.2. The van der Waals surface area contributed by atoms with Gasteiger partial charge in [0.05, 0.1) is 23.7 Å². The molecule has 0 spiro atoms. The summed E-state index contributed by atoms with van der Waals surface area (Å²) in [6.07, 6.45) is 4.69. The van der Waals surface area contributed by atoms with Gasteiger partial charge in [0.2, 0.25) is 5.91 Å². The number of nitro benzene ring substituents is 1. The van der Waals surface area contributed by atoms with Crippen LogP contribution < -0.4 is 26.7 Å². The Labute approximate surface area is 189 Å². The minimum atomic E-state index is -0.832. The van der Waals surface area contributed by atoms with Gasteiger partial charge in [-0.2, -0.15) is 0 Å². The molecule has 12 nitrogen and oxygen atoms in total. The van der Waals surface area contributed by atoms with Gasteiger partial charge in [0.1, 0.15) is 18.0 Å². The van der Waals surface area contributed by atoms with E-state index in [4.69, 9.17) is 26.8 Å². The predicted octanol–water partition coefficient (Wildman–Crippen LogP) is 1.97. The lowest BCUT2D eigenvalue weighted by atomic mass is 10.2. The minimum Gasteiger partial charge on any atom is -0.488 e. The molecule has 1 aliphatic heterocycles. The molecule has 1 aliphatic rings. The van der Waals surface area contributed by atoms with E-state index in [9.17, 15) is 19.7 Å². The number of hydrogen-bond donors (Lipinski definition) is 4. The second-order valence-corrected chi connectivity index (χ2v) is 7.99. The van der Waals surface area contributed by atoms with E-state index in [-0.39, 0.29) is 29.5 Å². The van der Waals surface area contributed by atoms with Gasteiger partial charge in [0.25, 0.3) is 5.69 Å². The second-order valence-electron chi connectivity index (χ2n) is 7.61. The van der Waals surface area contributed by atoms with Crippen LogP contribution in [0.25, 0.3) is 0 Å². The number of hydrogen-bond acceptors (Lipinski definition) is 9. The highest BCUT2D eigenvalue weighted by Gasteiger charge is 2.21. The Balaban J connectivity index is 1.83. The van der Waals surface area contributed by atoms with Crippen LogP contribution >= 0.6 is 11.6 Å². The van der Waals surface area contributed by atoms with Crippen molar-refractivity contribution in [3.05, 3.63) is 56.9 Å². The number of nitrogens with zero attached hydrogens (tertiary/aromatic N) is 2. The Kier molecular flexibility index (Phi) is 8.27. The maximum Gasteiger partial charge on any atom is 0.407 e. The van der Waals surface area contributed by atoms with Crippen molar-refractivity contribution >= 4 is 29.3 Å². The summed E-state index contributed by atoms with van der Waals surface area (Å²) < 4.78 is 10.6. The van der Waals surface area contributed by atoms with Crippen LogP contribution in [0, 0.1) is 10.1 Å². The number of rotatable bonds is 9. The van der Waals surface area contributed by atoms with E-state index in [2.05, 4.69) is 16.3 Å². The van der Waals surface area contributed by atoms with Gasteiger partial charge in [-0.1, -0.05) is 17.7 Å². The van der Waals surface area contributed by atoms with Gasteiger partial charge in [0, 0.05) is 17.8 Å². The van der Waals surface area contributed by atoms with Gasteiger partial charge in [-0.15, -0.1) is 5.53 Å². The SMILES string of the molecule is CC(C)(C)OC(=O)NCC1=CN(C/C=C/COc2cc(C(N)=O)cc([N+](=O)[O-])c2Cl)NN1. The molecule has 0 aliphatic carbocycles. The molecule has 1 aromatic carbocycles. The van der Waals surface area contributed by atoms with Crippen LogP contribution in [0.2, 0.25) is 5.02 Å². The summed E-state index contributed by atoms with van der Waals surface area (Å²) in [5.41, 5.74) is 10.6. The molecular formula is C19H25ClN6O6. The van der Waals surface area contributed by atoms with Gasteiger partial charge < -0.3 is 25.9 Å². The number of nitrogens with one attached hydrogen (secondary N) is 3. The maximum absolute atomic E-state index is 11.7. The molecule has 0 saturated carbocycles. The molecule has 5 N–H and O–H groups in total. The van der Waals surface area contributed by atoms with Crippen LogP contribution in [0.3, 0.4) is 0 Å². The highest BCUT2D eigenvalue weighted by Crippen LogP contribution is 2.35. The molecular weight excluding hydrogens is 444 g/mol. The summed E-state index contributed by atoms with van der Waals surface area (Å²) in [4.78, 5) is 33.4. The van der Waals surface area contributed by atoms with Crippen molar-refractivity contribution in [2.24, 2.45) is 5.73 Å². The quantitative estimate of drug-likeness (QED) is 0.241. The fourth-order valence-corrected chi connectivity index (χ4v) is 2.66. The first-order chi connectivity index (χ1) is 15.0. The lowest BCUT2D eigenvalue weighted by Gasteiger charge is -2.19. The molecule has 0 saturated heterocycles. The van der Waals surface area contributed by atoms with Gasteiger partial charge >= 0.3 is 6.09 Å². The van der Waals surface area contributed by atoms with Crippen molar-refractivity contribution in [3.8, 4) is 5.75 Å². The molecule has 0 fully saturated rings. The normalized spacial score (nSPS) is 13.5. The number of hydrazine groups is 2. The standard InChI is InChI=1S/C19H25ClN6O6/c1-19(2,3)32-18(28)22-10-13-11-25(24-23-13)6-4-5-7-31-15-9-12(17(21)27)8-14(16(15)20)26(29)30/h4-5,8-9,11,23-24H,6-7,10H2,1-3H3,(H2,21,27)(H,22,28)/b5-4+. The molecule has 0 atom stereocenters. The number of primary amides is 1. The zero-order valence-electron chi connectivity index (χ0n) is 17.8. The number of benzene rings is 1. The molecule has 2 rings (SSSR count). The van der Waals surface area contributed by atoms with Gasteiger partial charge in [-0.3, -0.25) is 19.9 Å². The zero-order valence-corrected chi connectivity index (χ0v) is 18.6. The second kappa shape index (κ2) is 10.7. The van der Waals surface area contributed by atoms with E-state index in [1.807, 2.05) is 0 Å². The summed E-state index contributed by atoms with van der Waals surface area (Å²) >= 11 is 5.98. The highest BCUT2D eigenvalue weighted by molar-refractivity contribution is 6.34. The molecule has 32 heavy (non-hydrogen) atoms. The predicted molar refractivity (Wildman–Crippen MR) is 117 cm³/mol. The largest absolute Gasteiger partial charge is 0.488 e. The lowest BCUT2D eigenvalue weighted by Crippen LogP contribution is -2.39. The Morgan fingerprint density at radius 2 is 2.06 bits per heavy atom. The van der Waals surface area contributed by atoms with Crippen LogP contribution in [-0.2, 0) is 4.74 Å². The van der Waals surface area contributed by atoms with Gasteiger partial charge in [-0.05, 0) is 32.9 Å². The van der Waals surface area contributed by atoms with Crippen molar-refractivity contribution in [1.82, 2.24) is 21.3 Å². The summed E-state index contributed by atoms with van der Waals surface area (Å²) in [6, 6.07) is 2.26. The third kappa shape index (κ3) is 7.63. The van der Waals surface area contributed by atoms with Crippen LogP contribution in [0.5, 0.6) is 5.75 Å². The van der Waals surface area contributed by atoms with E-state index in [0.717, 1.165) is 11.8 Å². The van der Waals surface area contributed by atoms with Crippen molar-refractivity contribution < 1.29 is 24.0 Å². The maximum atomic E-state index is 11.7. The Bertz CT molecular complexity index is 943. The Morgan fingerprint density at radius 3 is 2.69 bits per heavy atom. The van der Waals surface area contributed by atoms with Crippen LogP contribution in [0.4, 0.5) is 10.5 Å². The van der Waals surface area contributed by atoms with E-state index in [1.165, 1.54) is 6.07 Å². The molecule has 0 bridgehead atoms. The zero-order chi connectivity index (χ0) is 23.9. The third-order valence-corrected chi connectivity index (χ3v) is 4.18. The molecule has 1 heterocycles. The number of carbonyl (C=O) groups is 2. The number of carbonyl (C=O) groups excluding carboxylic acids is 2. The van der Waals surface area contributed by atoms with Crippen molar-refractivity contribution in [2.75, 3.05) is 19.7 Å². The average molecular weight is 469 g/mol. The fraction of sp³-hybridized carbons (Fsp3) is 0.368. The molecule has 2 amide bonds. The first-order valence-electron chi connectivity index (χ1n) is 9.47. The van der Waals surface area contributed by atoms with Crippen molar-refractivity contribution in [2.45, 2.75) is 26.4 Å². The van der Waals surface area contributed by atoms with E-state index in [1.54, 1.807) is 44.1 Å². The molecule has 0 aromatic heterocycles. The molecule has 0 radical (unpaired) electrons. The van der Waals surface area contributed by atoms with Crippen molar-refractivity contribution in [1.29, 1.82) is 0 Å². The number of amides is 2. The summed E-state index contributed by atoms with van der Waals surface area (Å²) in [5.74, 6) is -0.850. The number of nitro groups is 1. The van der Waals surface area contributed by atoms with Crippen molar-refractivity contribution in [3.63, 3.8) is 0 Å². The average Bonchev–Trinajstić information content (AvgIpc) is 3.13. The van der Waals surface area contributed by atoms with E-state index in [0.29, 0.717) is 6.54 Å². The monoisotopic (exact) mass is 468 g/mol. The van der Waals surface area contributed by atoms with Crippen LogP contribution in [0.15, 0.2) is 36.2 Å². The number of alkyl carbamates (subject to hydrolysis) is 1. The number of nitrogens with two attached hydrogens (primary N) is 1. The molecule has 174 valence electrons. The van der Waals surface area contributed by atoms with E-state index < -0.39 is 28.2 Å².